The number of carboxylic acid groups (broad SMARTS) is 1. The van der Waals surface area contributed by atoms with E-state index in [0.29, 0.717) is 24.5 Å². The molecule has 0 saturated carbocycles. The smallest absolute Gasteiger partial charge is 0.381 e. The summed E-state index contributed by atoms with van der Waals surface area (Å²) in [7, 11) is 0. The predicted molar refractivity (Wildman–Crippen MR) is 78.8 cm³/mol. The second-order valence-electron chi connectivity index (χ2n) is 3.92. The fourth-order valence-electron chi connectivity index (χ4n) is 1.69. The minimum absolute atomic E-state index is 0.165. The summed E-state index contributed by atoms with van der Waals surface area (Å²) in [6.45, 7) is 4.70. The molecular weight excluding hydrogens is 301 g/mol. The van der Waals surface area contributed by atoms with Gasteiger partial charge >= 0.3 is 12.7 Å². The summed E-state index contributed by atoms with van der Waals surface area (Å²) >= 11 is 5.24. The van der Waals surface area contributed by atoms with Crippen LogP contribution in [0.25, 0.3) is 0 Å². The molecule has 8 heteroatoms. The molecule has 1 aromatic rings. The largest absolute Gasteiger partial charge is 0.478 e. The number of aromatic nitrogens is 1. The molecule has 6 nitrogen and oxygen atoms in total. The Labute approximate surface area is 123 Å². The van der Waals surface area contributed by atoms with Gasteiger partial charge in [0.15, 0.2) is 0 Å². The Morgan fingerprint density at radius 3 is 2.30 bits per heavy atom. The summed E-state index contributed by atoms with van der Waals surface area (Å²) in [5.74, 6) is -0.802. The first-order valence-corrected chi connectivity index (χ1v) is 8.68. The van der Waals surface area contributed by atoms with E-state index >= 15 is 0 Å². The molecule has 0 spiro atoms. The van der Waals surface area contributed by atoms with Gasteiger partial charge in [-0.1, -0.05) is 0 Å². The summed E-state index contributed by atoms with van der Waals surface area (Å²) in [4.78, 5) is 15.2. The van der Waals surface area contributed by atoms with E-state index in [9.17, 15) is 4.79 Å². The lowest BCUT2D eigenvalue weighted by molar-refractivity contribution is 0.0695. The molecule has 0 saturated heterocycles. The van der Waals surface area contributed by atoms with Crippen LogP contribution in [0.1, 0.15) is 35.5 Å². The van der Waals surface area contributed by atoms with Gasteiger partial charge in [-0.05, 0) is 33.3 Å². The third-order valence-corrected chi connectivity index (χ3v) is 4.78. The van der Waals surface area contributed by atoms with Gasteiger partial charge < -0.3 is 9.63 Å². The molecule has 0 amide bonds. The van der Waals surface area contributed by atoms with Gasteiger partial charge in [-0.15, -0.1) is 0 Å². The maximum Gasteiger partial charge on any atom is 0.381 e. The van der Waals surface area contributed by atoms with Gasteiger partial charge in [0.05, 0.1) is 24.5 Å². The average molecular weight is 319 g/mol. The second-order valence-corrected chi connectivity index (χ2v) is 6.85. The molecule has 0 fully saturated rings. The third kappa shape index (κ3) is 4.24. The van der Waals surface area contributed by atoms with Crippen LogP contribution in [0, 0.1) is 13.8 Å². The van der Waals surface area contributed by atoms with E-state index in [1.54, 1.807) is 27.7 Å². The van der Waals surface area contributed by atoms with Crippen LogP contribution < -0.4 is 4.52 Å². The average Bonchev–Trinajstić information content (AvgIpc) is 2.27. The summed E-state index contributed by atoms with van der Waals surface area (Å²) in [6, 6.07) is 1.52. The van der Waals surface area contributed by atoms with Crippen molar-refractivity contribution < 1.29 is 23.5 Å². The lowest BCUT2D eigenvalue weighted by atomic mass is 10.1. The van der Waals surface area contributed by atoms with Crippen molar-refractivity contribution in [1.82, 2.24) is 4.98 Å². The minimum Gasteiger partial charge on any atom is -0.478 e. The van der Waals surface area contributed by atoms with Crippen LogP contribution in [0.5, 0.6) is 5.88 Å². The number of aryl methyl sites for hydroxylation is 2. The van der Waals surface area contributed by atoms with Crippen LogP contribution in [-0.2, 0) is 20.9 Å². The summed E-state index contributed by atoms with van der Waals surface area (Å²) in [6.07, 6.45) is 0. The Bertz CT molecular complexity index is 516. The van der Waals surface area contributed by atoms with Crippen LogP contribution in [0.4, 0.5) is 0 Å². The number of hydrogen-bond donors (Lipinski definition) is 1. The van der Waals surface area contributed by atoms with E-state index in [0.717, 1.165) is 0 Å². The standard InChI is InChI=1S/C12H18NO5PS/c1-5-16-19(20,17-6-2)18-10-7-8(3)11(12(14)15)9(4)13-10/h7H,5-6H2,1-4H3,(H,14,15). The highest BCUT2D eigenvalue weighted by Gasteiger charge is 2.23. The predicted octanol–water partition coefficient (Wildman–Crippen LogP) is 3.07. The molecule has 112 valence electrons. The van der Waals surface area contributed by atoms with E-state index in [-0.39, 0.29) is 11.4 Å². The van der Waals surface area contributed by atoms with Crippen molar-refractivity contribution in [3.05, 3.63) is 22.9 Å². The zero-order valence-corrected chi connectivity index (χ0v) is 13.6. The van der Waals surface area contributed by atoms with Crippen molar-refractivity contribution in [2.75, 3.05) is 13.2 Å². The van der Waals surface area contributed by atoms with Crippen LogP contribution >= 0.6 is 6.72 Å². The zero-order chi connectivity index (χ0) is 15.3. The number of aromatic carboxylic acids is 1. The van der Waals surface area contributed by atoms with E-state index in [2.05, 4.69) is 4.98 Å². The van der Waals surface area contributed by atoms with Gasteiger partial charge in [0.2, 0.25) is 5.88 Å². The summed E-state index contributed by atoms with van der Waals surface area (Å²) in [5.41, 5.74) is 1.08. The zero-order valence-electron chi connectivity index (χ0n) is 11.9. The van der Waals surface area contributed by atoms with Gasteiger partial charge in [0.1, 0.15) is 0 Å². The Balaban J connectivity index is 3.09. The quantitative estimate of drug-likeness (QED) is 0.774. The molecule has 1 heterocycles. The molecule has 0 aliphatic rings. The van der Waals surface area contributed by atoms with E-state index in [1.807, 2.05) is 0 Å². The highest BCUT2D eigenvalue weighted by atomic mass is 32.5. The lowest BCUT2D eigenvalue weighted by Crippen LogP contribution is -2.08. The topological polar surface area (TPSA) is 77.9 Å². The summed E-state index contributed by atoms with van der Waals surface area (Å²) in [5, 5.41) is 9.09. The van der Waals surface area contributed by atoms with Crippen molar-refractivity contribution in [2.24, 2.45) is 0 Å². The maximum absolute atomic E-state index is 11.1. The van der Waals surface area contributed by atoms with Gasteiger partial charge in [0.25, 0.3) is 0 Å². The van der Waals surface area contributed by atoms with Crippen molar-refractivity contribution >= 4 is 24.5 Å². The number of carboxylic acids is 1. The van der Waals surface area contributed by atoms with E-state index < -0.39 is 12.7 Å². The lowest BCUT2D eigenvalue weighted by Gasteiger charge is -2.21. The van der Waals surface area contributed by atoms with Crippen LogP contribution in [-0.4, -0.2) is 29.3 Å². The van der Waals surface area contributed by atoms with E-state index in [1.165, 1.54) is 6.07 Å². The number of pyridine rings is 1. The molecule has 1 N–H and O–H groups in total. The van der Waals surface area contributed by atoms with Gasteiger partial charge in [-0.2, -0.15) is 0 Å². The van der Waals surface area contributed by atoms with Crippen LogP contribution in [0.3, 0.4) is 0 Å². The molecular formula is C12H18NO5PS. The second kappa shape index (κ2) is 7.13. The number of hydrogen-bond acceptors (Lipinski definition) is 6. The molecule has 0 unspecified atom stereocenters. The van der Waals surface area contributed by atoms with Crippen LogP contribution in [0.2, 0.25) is 0 Å². The molecule has 1 rings (SSSR count). The SMILES string of the molecule is CCOP(=S)(OCC)Oc1cc(C)c(C(=O)O)c(C)n1. The van der Waals surface area contributed by atoms with Gasteiger partial charge in [-0.25, -0.2) is 9.78 Å². The Morgan fingerprint density at radius 2 is 1.90 bits per heavy atom. The van der Waals surface area contributed by atoms with Crippen molar-refractivity contribution in [3.63, 3.8) is 0 Å². The fourth-order valence-corrected chi connectivity index (χ4v) is 3.68. The normalized spacial score (nSPS) is 11.4. The first kappa shape index (κ1) is 17.0. The number of rotatable bonds is 7. The van der Waals surface area contributed by atoms with Crippen molar-refractivity contribution in [1.29, 1.82) is 0 Å². The van der Waals surface area contributed by atoms with Crippen LogP contribution in [0.15, 0.2) is 6.07 Å². The fraction of sp³-hybridized carbons (Fsp3) is 0.500. The molecule has 1 aromatic heterocycles. The third-order valence-electron chi connectivity index (χ3n) is 2.37. The number of carbonyl (C=O) groups is 1. The minimum atomic E-state index is -2.90. The highest BCUT2D eigenvalue weighted by molar-refractivity contribution is 8.07. The first-order valence-electron chi connectivity index (χ1n) is 6.13. The molecule has 0 aromatic carbocycles. The van der Waals surface area contributed by atoms with E-state index in [4.69, 9.17) is 30.5 Å². The van der Waals surface area contributed by atoms with Crippen molar-refractivity contribution in [3.8, 4) is 5.88 Å². The highest BCUT2D eigenvalue weighted by Crippen LogP contribution is 2.49. The Hall–Kier alpha value is -1.01. The summed E-state index contributed by atoms with van der Waals surface area (Å²) < 4.78 is 16.3. The Kier molecular flexibility index (Phi) is 6.07. The molecule has 0 radical (unpaired) electrons. The molecule has 0 aliphatic carbocycles. The molecule has 0 bridgehead atoms. The van der Waals surface area contributed by atoms with Crippen molar-refractivity contribution in [2.45, 2.75) is 27.7 Å². The molecule has 0 atom stereocenters. The Morgan fingerprint density at radius 1 is 1.35 bits per heavy atom. The first-order chi connectivity index (χ1) is 9.33. The van der Waals surface area contributed by atoms with Gasteiger partial charge in [0, 0.05) is 17.9 Å². The molecule has 0 aliphatic heterocycles. The maximum atomic E-state index is 11.1. The van der Waals surface area contributed by atoms with Gasteiger partial charge in [-0.3, -0.25) is 9.05 Å². The molecule has 20 heavy (non-hydrogen) atoms. The monoisotopic (exact) mass is 319 g/mol. The number of nitrogens with zero attached hydrogens (tertiary/aromatic N) is 1.